The number of anilines is 4. The van der Waals surface area contributed by atoms with Crippen molar-refractivity contribution < 1.29 is 14.0 Å². The maximum Gasteiger partial charge on any atom is 0.317 e. The topological polar surface area (TPSA) is 102 Å². The molecule has 194 valence electrons. The molecule has 1 aromatic heterocycles. The van der Waals surface area contributed by atoms with Crippen molar-refractivity contribution in [2.24, 2.45) is 0 Å². The Labute approximate surface area is 220 Å². The quantitative estimate of drug-likeness (QED) is 0.444. The van der Waals surface area contributed by atoms with Crippen LogP contribution in [0.2, 0.25) is 5.02 Å². The number of aromatic nitrogens is 2. The fourth-order valence-corrected chi connectivity index (χ4v) is 4.36. The number of fused-ring (bicyclic) bond motifs is 1. The molecule has 2 heterocycles. The Morgan fingerprint density at radius 3 is 2.65 bits per heavy atom. The molecule has 0 unspecified atom stereocenters. The average molecular weight is 526 g/mol. The van der Waals surface area contributed by atoms with Crippen molar-refractivity contribution in [2.75, 3.05) is 43.9 Å². The van der Waals surface area contributed by atoms with Gasteiger partial charge in [-0.05, 0) is 55.2 Å². The van der Waals surface area contributed by atoms with Gasteiger partial charge in [-0.2, -0.15) is 4.98 Å². The van der Waals surface area contributed by atoms with Gasteiger partial charge in [0, 0.05) is 39.4 Å². The molecule has 4 rings (SSSR count). The van der Waals surface area contributed by atoms with Gasteiger partial charge in [0.15, 0.2) is 5.82 Å². The van der Waals surface area contributed by atoms with Gasteiger partial charge < -0.3 is 25.8 Å². The van der Waals surface area contributed by atoms with E-state index < -0.39 is 11.7 Å². The zero-order chi connectivity index (χ0) is 26.5. The van der Waals surface area contributed by atoms with E-state index in [2.05, 4.69) is 38.1 Å². The van der Waals surface area contributed by atoms with Crippen molar-refractivity contribution in [3.63, 3.8) is 0 Å². The van der Waals surface area contributed by atoms with Crippen molar-refractivity contribution in [1.29, 1.82) is 0 Å². The summed E-state index contributed by atoms with van der Waals surface area (Å²) in [7, 11) is 3.46. The first kappa shape index (κ1) is 26.2. The Hall–Kier alpha value is -3.92. The van der Waals surface area contributed by atoms with Crippen LogP contribution in [-0.4, -0.2) is 60.5 Å². The van der Waals surface area contributed by atoms with E-state index in [1.54, 1.807) is 23.8 Å². The Bertz CT molecular complexity index is 1320. The zero-order valence-electron chi connectivity index (χ0n) is 20.9. The van der Waals surface area contributed by atoms with Gasteiger partial charge in [0.1, 0.15) is 10.8 Å². The number of nitrogens with zero attached hydrogens (tertiary/aromatic N) is 4. The van der Waals surface area contributed by atoms with Gasteiger partial charge in [-0.1, -0.05) is 23.7 Å². The molecule has 11 heteroatoms. The predicted octanol–water partition coefficient (Wildman–Crippen LogP) is 4.27. The van der Waals surface area contributed by atoms with Crippen LogP contribution in [0.15, 0.2) is 42.6 Å². The molecule has 3 N–H and O–H groups in total. The normalized spacial score (nSPS) is 12.8. The van der Waals surface area contributed by atoms with Crippen LogP contribution in [0.5, 0.6) is 0 Å². The smallest absolute Gasteiger partial charge is 0.317 e. The molecule has 0 saturated heterocycles. The lowest BCUT2D eigenvalue weighted by Crippen LogP contribution is -2.39. The molecule has 0 radical (unpaired) electrons. The van der Waals surface area contributed by atoms with Crippen LogP contribution in [0.25, 0.3) is 0 Å². The number of rotatable bonds is 6. The summed E-state index contributed by atoms with van der Waals surface area (Å²) in [5.74, 6) is -0.509. The molecule has 0 bridgehead atoms. The summed E-state index contributed by atoms with van der Waals surface area (Å²) in [5, 5.41) is 8.43. The van der Waals surface area contributed by atoms with Gasteiger partial charge in [-0.25, -0.2) is 14.2 Å². The molecular formula is C26H29ClFN7O2. The lowest BCUT2D eigenvalue weighted by Gasteiger charge is -2.20. The average Bonchev–Trinajstić information content (AvgIpc) is 3.12. The molecule has 0 fully saturated rings. The number of para-hydroxylation sites is 1. The van der Waals surface area contributed by atoms with Crippen molar-refractivity contribution in [3.8, 4) is 0 Å². The summed E-state index contributed by atoms with van der Waals surface area (Å²) in [6, 6.07) is 10.3. The third kappa shape index (κ3) is 5.75. The van der Waals surface area contributed by atoms with Crippen LogP contribution in [0.1, 0.15) is 28.4 Å². The molecule has 0 saturated carbocycles. The molecule has 9 nitrogen and oxygen atoms in total. The second kappa shape index (κ2) is 11.4. The second-order valence-corrected chi connectivity index (χ2v) is 8.97. The number of carbonyl (C=O) groups excluding carboxylic acids is 2. The third-order valence-electron chi connectivity index (χ3n) is 6.25. The highest BCUT2D eigenvalue weighted by Gasteiger charge is 2.20. The first-order chi connectivity index (χ1) is 17.8. The van der Waals surface area contributed by atoms with Crippen LogP contribution in [-0.2, 0) is 12.8 Å². The summed E-state index contributed by atoms with van der Waals surface area (Å²) in [6.07, 6.45) is 2.93. The summed E-state index contributed by atoms with van der Waals surface area (Å²) in [5.41, 5.74) is 3.33. The number of amides is 3. The van der Waals surface area contributed by atoms with E-state index in [0.717, 1.165) is 24.1 Å². The monoisotopic (exact) mass is 525 g/mol. The maximum absolute atomic E-state index is 14.7. The van der Waals surface area contributed by atoms with E-state index in [9.17, 15) is 14.0 Å². The SMILES string of the molecule is CCNC(=O)c1cccc(F)c1Nc1nc(N(C)c2ccc3c(c2)CCN(C(=O)NC)CC3)ncc1Cl. The lowest BCUT2D eigenvalue weighted by atomic mass is 10.0. The molecule has 2 aromatic carbocycles. The number of hydrogen-bond donors (Lipinski definition) is 3. The molecule has 3 amide bonds. The van der Waals surface area contributed by atoms with Crippen molar-refractivity contribution in [1.82, 2.24) is 25.5 Å². The van der Waals surface area contributed by atoms with Gasteiger partial charge >= 0.3 is 6.03 Å². The first-order valence-electron chi connectivity index (χ1n) is 12.0. The molecule has 0 atom stereocenters. The fourth-order valence-electron chi connectivity index (χ4n) is 4.22. The number of benzene rings is 2. The summed E-state index contributed by atoms with van der Waals surface area (Å²) in [4.78, 5) is 37.0. The molecular weight excluding hydrogens is 497 g/mol. The van der Waals surface area contributed by atoms with Crippen LogP contribution in [0, 0.1) is 5.82 Å². The molecule has 1 aliphatic heterocycles. The number of nitrogens with one attached hydrogen (secondary N) is 3. The van der Waals surface area contributed by atoms with Crippen molar-refractivity contribution in [2.45, 2.75) is 19.8 Å². The minimum atomic E-state index is -0.607. The summed E-state index contributed by atoms with van der Waals surface area (Å²) < 4.78 is 14.7. The minimum absolute atomic E-state index is 0.0200. The number of carbonyl (C=O) groups is 2. The van der Waals surface area contributed by atoms with Gasteiger partial charge in [0.05, 0.1) is 17.4 Å². The lowest BCUT2D eigenvalue weighted by molar-refractivity contribution is 0.0956. The molecule has 0 aliphatic carbocycles. The predicted molar refractivity (Wildman–Crippen MR) is 143 cm³/mol. The van der Waals surface area contributed by atoms with Crippen molar-refractivity contribution in [3.05, 3.63) is 70.1 Å². The van der Waals surface area contributed by atoms with Gasteiger partial charge in [-0.15, -0.1) is 0 Å². The van der Waals surface area contributed by atoms with E-state index in [-0.39, 0.29) is 28.1 Å². The number of halogens is 2. The van der Waals surface area contributed by atoms with Crippen molar-refractivity contribution >= 4 is 46.7 Å². The van der Waals surface area contributed by atoms with Crippen LogP contribution in [0.4, 0.5) is 32.3 Å². The molecule has 3 aromatic rings. The van der Waals surface area contributed by atoms with E-state index >= 15 is 0 Å². The minimum Gasteiger partial charge on any atom is -0.352 e. The highest BCUT2D eigenvalue weighted by atomic mass is 35.5. The molecule has 37 heavy (non-hydrogen) atoms. The number of urea groups is 1. The Morgan fingerprint density at radius 1 is 1.16 bits per heavy atom. The maximum atomic E-state index is 14.7. The third-order valence-corrected chi connectivity index (χ3v) is 6.53. The van der Waals surface area contributed by atoms with E-state index in [0.29, 0.717) is 25.6 Å². The standard InChI is InChI=1S/C26H29ClFN7O2/c1-4-30-24(36)19-6-5-7-21(28)22(19)32-23-20(27)15-31-25(33-23)34(3)18-9-8-16-10-12-35(26(37)29-2)13-11-17(16)14-18/h5-9,14-15H,4,10-13H2,1-3H3,(H,29,37)(H,30,36)(H,31,32,33). The Kier molecular flexibility index (Phi) is 8.08. The van der Waals surface area contributed by atoms with E-state index in [4.69, 9.17) is 11.6 Å². The first-order valence-corrected chi connectivity index (χ1v) is 12.4. The highest BCUT2D eigenvalue weighted by Crippen LogP contribution is 2.31. The van der Waals surface area contributed by atoms with Gasteiger partial charge in [0.25, 0.3) is 5.91 Å². The summed E-state index contributed by atoms with van der Waals surface area (Å²) in [6.45, 7) is 3.48. The Morgan fingerprint density at radius 2 is 1.92 bits per heavy atom. The van der Waals surface area contributed by atoms with Crippen LogP contribution >= 0.6 is 11.6 Å². The second-order valence-electron chi connectivity index (χ2n) is 8.57. The van der Waals surface area contributed by atoms with Crippen LogP contribution < -0.4 is 20.9 Å². The summed E-state index contributed by atoms with van der Waals surface area (Å²) >= 11 is 6.34. The fraction of sp³-hybridized carbons (Fsp3) is 0.308. The molecule has 1 aliphatic rings. The van der Waals surface area contributed by atoms with E-state index in [1.807, 2.05) is 13.1 Å². The molecule has 0 spiro atoms. The van der Waals surface area contributed by atoms with Crippen LogP contribution in [0.3, 0.4) is 0 Å². The largest absolute Gasteiger partial charge is 0.352 e. The Balaban J connectivity index is 1.60. The number of hydrogen-bond acceptors (Lipinski definition) is 6. The highest BCUT2D eigenvalue weighted by molar-refractivity contribution is 6.33. The van der Waals surface area contributed by atoms with Gasteiger partial charge in [-0.3, -0.25) is 4.79 Å². The zero-order valence-corrected chi connectivity index (χ0v) is 21.7. The van der Waals surface area contributed by atoms with Gasteiger partial charge in [0.2, 0.25) is 5.95 Å². The van der Waals surface area contributed by atoms with E-state index in [1.165, 1.54) is 30.0 Å².